The van der Waals surface area contributed by atoms with Gasteiger partial charge in [-0.25, -0.2) is 4.79 Å². The molecule has 104 valence electrons. The molecule has 1 aliphatic rings. The molecule has 3 nitrogen and oxygen atoms in total. The standard InChI is InChI=1S/C15H20BrNO2/c1-15(2)8-4-5-10(9-15)17-12-7-3-6-11(16)13(12)14(18)19/h3,6-7,10,17H,4-5,8-9H2,1-2H3,(H,18,19). The summed E-state index contributed by atoms with van der Waals surface area (Å²) in [6, 6.07) is 5.83. The first-order valence-corrected chi connectivity index (χ1v) is 7.47. The lowest BCUT2D eigenvalue weighted by Gasteiger charge is -2.36. The lowest BCUT2D eigenvalue weighted by molar-refractivity contribution is 0.0697. The van der Waals surface area contributed by atoms with Crippen LogP contribution in [0.1, 0.15) is 49.9 Å². The van der Waals surface area contributed by atoms with E-state index in [1.807, 2.05) is 12.1 Å². The van der Waals surface area contributed by atoms with E-state index >= 15 is 0 Å². The van der Waals surface area contributed by atoms with Crippen LogP contribution in [0.2, 0.25) is 0 Å². The first-order chi connectivity index (χ1) is 8.89. The van der Waals surface area contributed by atoms with Gasteiger partial charge in [0.2, 0.25) is 0 Å². The Balaban J connectivity index is 2.19. The highest BCUT2D eigenvalue weighted by Gasteiger charge is 2.28. The number of hydrogen-bond donors (Lipinski definition) is 2. The molecule has 0 heterocycles. The maximum atomic E-state index is 11.3. The number of carbonyl (C=O) groups is 1. The van der Waals surface area contributed by atoms with Crippen molar-refractivity contribution in [2.45, 2.75) is 45.6 Å². The van der Waals surface area contributed by atoms with Crippen molar-refractivity contribution in [3.63, 3.8) is 0 Å². The van der Waals surface area contributed by atoms with Crippen LogP contribution in [0.3, 0.4) is 0 Å². The van der Waals surface area contributed by atoms with Crippen LogP contribution < -0.4 is 5.32 Å². The molecule has 19 heavy (non-hydrogen) atoms. The van der Waals surface area contributed by atoms with Crippen molar-refractivity contribution in [1.82, 2.24) is 0 Å². The van der Waals surface area contributed by atoms with Gasteiger partial charge in [-0.2, -0.15) is 0 Å². The van der Waals surface area contributed by atoms with Gasteiger partial charge in [0.05, 0.1) is 11.3 Å². The van der Waals surface area contributed by atoms with Gasteiger partial charge in [-0.1, -0.05) is 26.3 Å². The number of rotatable bonds is 3. The highest BCUT2D eigenvalue weighted by molar-refractivity contribution is 9.10. The molecule has 1 unspecified atom stereocenters. The zero-order chi connectivity index (χ0) is 14.0. The van der Waals surface area contributed by atoms with E-state index in [-0.39, 0.29) is 0 Å². The molecule has 1 aromatic carbocycles. The molecule has 0 aromatic heterocycles. The summed E-state index contributed by atoms with van der Waals surface area (Å²) < 4.78 is 0.625. The average Bonchev–Trinajstić information content (AvgIpc) is 2.26. The minimum atomic E-state index is -0.898. The molecule has 2 rings (SSSR count). The van der Waals surface area contributed by atoms with Gasteiger partial charge in [-0.15, -0.1) is 0 Å². The van der Waals surface area contributed by atoms with E-state index in [4.69, 9.17) is 0 Å². The molecule has 1 fully saturated rings. The van der Waals surface area contributed by atoms with Crippen LogP contribution in [-0.2, 0) is 0 Å². The number of benzene rings is 1. The Morgan fingerprint density at radius 3 is 2.84 bits per heavy atom. The molecular formula is C15H20BrNO2. The van der Waals surface area contributed by atoms with Crippen LogP contribution >= 0.6 is 15.9 Å². The summed E-state index contributed by atoms with van der Waals surface area (Å²) in [5.74, 6) is -0.898. The van der Waals surface area contributed by atoms with Crippen molar-refractivity contribution >= 4 is 27.6 Å². The van der Waals surface area contributed by atoms with Gasteiger partial charge in [-0.3, -0.25) is 0 Å². The van der Waals surface area contributed by atoms with Crippen LogP contribution in [0.4, 0.5) is 5.69 Å². The molecule has 1 atom stereocenters. The van der Waals surface area contributed by atoms with Crippen molar-refractivity contribution in [2.75, 3.05) is 5.32 Å². The molecule has 0 amide bonds. The first kappa shape index (κ1) is 14.4. The minimum Gasteiger partial charge on any atom is -0.478 e. The fourth-order valence-corrected chi connectivity index (χ4v) is 3.44. The third kappa shape index (κ3) is 3.50. The van der Waals surface area contributed by atoms with E-state index in [9.17, 15) is 9.90 Å². The monoisotopic (exact) mass is 325 g/mol. The van der Waals surface area contributed by atoms with Crippen molar-refractivity contribution in [3.8, 4) is 0 Å². The Labute approximate surface area is 122 Å². The Morgan fingerprint density at radius 2 is 2.21 bits per heavy atom. The van der Waals surface area contributed by atoms with Crippen LogP contribution in [-0.4, -0.2) is 17.1 Å². The maximum absolute atomic E-state index is 11.3. The Morgan fingerprint density at radius 1 is 1.47 bits per heavy atom. The van der Waals surface area contributed by atoms with E-state index in [1.54, 1.807) is 6.07 Å². The molecule has 1 aromatic rings. The summed E-state index contributed by atoms with van der Waals surface area (Å²) in [7, 11) is 0. The van der Waals surface area contributed by atoms with Gasteiger partial charge < -0.3 is 10.4 Å². The molecule has 0 spiro atoms. The van der Waals surface area contributed by atoms with Crippen LogP contribution in [0.5, 0.6) is 0 Å². The van der Waals surface area contributed by atoms with Crippen LogP contribution in [0, 0.1) is 5.41 Å². The number of hydrogen-bond acceptors (Lipinski definition) is 2. The van der Waals surface area contributed by atoms with Crippen molar-refractivity contribution in [1.29, 1.82) is 0 Å². The van der Waals surface area contributed by atoms with E-state index in [1.165, 1.54) is 12.8 Å². The Bertz CT molecular complexity index is 485. The summed E-state index contributed by atoms with van der Waals surface area (Å²) in [5, 5.41) is 12.7. The lowest BCUT2D eigenvalue weighted by atomic mass is 9.75. The minimum absolute atomic E-state index is 0.325. The van der Waals surface area contributed by atoms with E-state index < -0.39 is 5.97 Å². The summed E-state index contributed by atoms with van der Waals surface area (Å²) in [4.78, 5) is 11.3. The number of carboxylic acid groups (broad SMARTS) is 1. The number of nitrogens with one attached hydrogen (secondary N) is 1. The number of halogens is 1. The predicted octanol–water partition coefficient (Wildman–Crippen LogP) is 4.53. The molecule has 0 radical (unpaired) electrons. The van der Waals surface area contributed by atoms with Gasteiger partial charge >= 0.3 is 5.97 Å². The van der Waals surface area contributed by atoms with Crippen LogP contribution in [0.25, 0.3) is 0 Å². The van der Waals surface area contributed by atoms with Gasteiger partial charge in [0.15, 0.2) is 0 Å². The quantitative estimate of drug-likeness (QED) is 0.858. The smallest absolute Gasteiger partial charge is 0.338 e. The summed E-state index contributed by atoms with van der Waals surface area (Å²) in [6.45, 7) is 4.56. The fourth-order valence-electron chi connectivity index (χ4n) is 2.90. The van der Waals surface area contributed by atoms with E-state index in [0.717, 1.165) is 12.8 Å². The number of anilines is 1. The molecule has 0 aliphatic heterocycles. The molecular weight excluding hydrogens is 306 g/mol. The zero-order valence-corrected chi connectivity index (χ0v) is 13.0. The topological polar surface area (TPSA) is 49.3 Å². The predicted molar refractivity (Wildman–Crippen MR) is 80.8 cm³/mol. The fraction of sp³-hybridized carbons (Fsp3) is 0.533. The third-order valence-electron chi connectivity index (χ3n) is 3.79. The molecule has 2 N–H and O–H groups in total. The van der Waals surface area contributed by atoms with Gasteiger partial charge in [0, 0.05) is 10.5 Å². The summed E-state index contributed by atoms with van der Waals surface area (Å²) in [5.41, 5.74) is 1.38. The zero-order valence-electron chi connectivity index (χ0n) is 11.4. The van der Waals surface area contributed by atoms with Crippen molar-refractivity contribution in [2.24, 2.45) is 5.41 Å². The average molecular weight is 326 g/mol. The normalized spacial score (nSPS) is 21.9. The van der Waals surface area contributed by atoms with Gasteiger partial charge in [-0.05, 0) is 52.7 Å². The molecule has 1 saturated carbocycles. The largest absolute Gasteiger partial charge is 0.478 e. The second kappa shape index (κ2) is 5.53. The lowest BCUT2D eigenvalue weighted by Crippen LogP contribution is -2.32. The molecule has 0 saturated heterocycles. The summed E-state index contributed by atoms with van der Waals surface area (Å²) >= 11 is 3.31. The Kier molecular flexibility index (Phi) is 4.19. The third-order valence-corrected chi connectivity index (χ3v) is 4.45. The summed E-state index contributed by atoms with van der Waals surface area (Å²) in [6.07, 6.45) is 4.63. The highest BCUT2D eigenvalue weighted by Crippen LogP contribution is 2.37. The van der Waals surface area contributed by atoms with Gasteiger partial charge in [0.25, 0.3) is 0 Å². The van der Waals surface area contributed by atoms with E-state index in [0.29, 0.717) is 27.2 Å². The van der Waals surface area contributed by atoms with Crippen molar-refractivity contribution in [3.05, 3.63) is 28.2 Å². The van der Waals surface area contributed by atoms with E-state index in [2.05, 4.69) is 35.1 Å². The maximum Gasteiger partial charge on any atom is 0.338 e. The second-order valence-electron chi connectivity index (χ2n) is 6.07. The highest BCUT2D eigenvalue weighted by atomic mass is 79.9. The van der Waals surface area contributed by atoms with Crippen molar-refractivity contribution < 1.29 is 9.90 Å². The van der Waals surface area contributed by atoms with Crippen LogP contribution in [0.15, 0.2) is 22.7 Å². The van der Waals surface area contributed by atoms with Gasteiger partial charge in [0.1, 0.15) is 0 Å². The second-order valence-corrected chi connectivity index (χ2v) is 6.92. The number of aromatic carboxylic acids is 1. The Hall–Kier alpha value is -1.03. The molecule has 0 bridgehead atoms. The SMILES string of the molecule is CC1(C)CCCC(Nc2cccc(Br)c2C(=O)O)C1. The first-order valence-electron chi connectivity index (χ1n) is 6.67. The molecule has 1 aliphatic carbocycles. The molecule has 4 heteroatoms. The number of carboxylic acids is 1.